The van der Waals surface area contributed by atoms with Gasteiger partial charge in [0.25, 0.3) is 0 Å². The van der Waals surface area contributed by atoms with Crippen molar-refractivity contribution in [1.29, 1.82) is 0 Å². The largest absolute Gasteiger partial charge is 0.369 e. The summed E-state index contributed by atoms with van der Waals surface area (Å²) < 4.78 is 39.5. The average Bonchev–Trinajstić information content (AvgIpc) is 2.62. The molecule has 2 heterocycles. The summed E-state index contributed by atoms with van der Waals surface area (Å²) in [5.74, 6) is 0.0875. The number of hydrogen-bond acceptors (Lipinski definition) is 4. The molecule has 0 amide bonds. The number of halogens is 1. The number of anilines is 1. The molecule has 132 valence electrons. The second-order valence-electron chi connectivity index (χ2n) is 6.32. The standard InChI is InChI=1S/C17H24FN3O2S/c18-16-1-3-17(4-2-16)20-10-12-21(13-11-20)24(22,23)14-7-15-5-8-19-9-6-15/h1-4,7,14-15,19H,5-6,8-13H2/b14-7+. The maximum atomic E-state index is 13.0. The first-order chi connectivity index (χ1) is 11.5. The van der Waals surface area contributed by atoms with Crippen molar-refractivity contribution >= 4 is 15.7 Å². The normalized spacial score (nSPS) is 21.5. The Morgan fingerprint density at radius 2 is 1.67 bits per heavy atom. The third-order valence-electron chi connectivity index (χ3n) is 4.70. The lowest BCUT2D eigenvalue weighted by atomic mass is 9.99. The van der Waals surface area contributed by atoms with Crippen LogP contribution in [0.3, 0.4) is 0 Å². The second-order valence-corrected chi connectivity index (χ2v) is 8.14. The minimum Gasteiger partial charge on any atom is -0.369 e. The zero-order valence-electron chi connectivity index (χ0n) is 13.7. The van der Waals surface area contributed by atoms with E-state index in [4.69, 9.17) is 0 Å². The Kier molecular flexibility index (Phi) is 5.53. The van der Waals surface area contributed by atoms with Gasteiger partial charge in [-0.3, -0.25) is 0 Å². The zero-order chi connectivity index (χ0) is 17.0. The Bertz CT molecular complexity index is 662. The molecule has 7 heteroatoms. The number of allylic oxidation sites excluding steroid dienone is 1. The molecule has 0 saturated carbocycles. The van der Waals surface area contributed by atoms with E-state index in [-0.39, 0.29) is 5.82 Å². The van der Waals surface area contributed by atoms with Gasteiger partial charge < -0.3 is 10.2 Å². The minimum absolute atomic E-state index is 0.261. The van der Waals surface area contributed by atoms with Crippen LogP contribution in [0.25, 0.3) is 0 Å². The SMILES string of the molecule is O=S(=O)(/C=C/C1CCNCC1)N1CCN(c2ccc(F)cc2)CC1. The number of nitrogens with one attached hydrogen (secondary N) is 1. The van der Waals surface area contributed by atoms with E-state index >= 15 is 0 Å². The molecule has 0 bridgehead atoms. The van der Waals surface area contributed by atoms with Gasteiger partial charge in [-0.15, -0.1) is 0 Å². The van der Waals surface area contributed by atoms with Crippen molar-refractivity contribution in [3.63, 3.8) is 0 Å². The lowest BCUT2D eigenvalue weighted by Gasteiger charge is -2.34. The lowest BCUT2D eigenvalue weighted by Crippen LogP contribution is -2.48. The van der Waals surface area contributed by atoms with Crippen molar-refractivity contribution in [3.8, 4) is 0 Å². The molecule has 0 unspecified atom stereocenters. The van der Waals surface area contributed by atoms with Crippen LogP contribution >= 0.6 is 0 Å². The Hall–Kier alpha value is -1.44. The highest BCUT2D eigenvalue weighted by molar-refractivity contribution is 7.92. The summed E-state index contributed by atoms with van der Waals surface area (Å²) in [6.07, 6.45) is 3.83. The second kappa shape index (κ2) is 7.63. The molecule has 0 atom stereocenters. The molecule has 1 N–H and O–H groups in total. The number of benzene rings is 1. The van der Waals surface area contributed by atoms with Gasteiger partial charge in [0.2, 0.25) is 10.0 Å². The number of piperidine rings is 1. The first-order valence-corrected chi connectivity index (χ1v) is 9.94. The number of nitrogens with zero attached hydrogens (tertiary/aromatic N) is 2. The van der Waals surface area contributed by atoms with E-state index in [2.05, 4.69) is 10.2 Å². The number of piperazine rings is 1. The van der Waals surface area contributed by atoms with Crippen LogP contribution < -0.4 is 10.2 Å². The fraction of sp³-hybridized carbons (Fsp3) is 0.529. The van der Waals surface area contributed by atoms with E-state index in [9.17, 15) is 12.8 Å². The highest BCUT2D eigenvalue weighted by Gasteiger charge is 2.25. The Balaban J connectivity index is 1.56. The van der Waals surface area contributed by atoms with E-state index in [1.54, 1.807) is 12.1 Å². The van der Waals surface area contributed by atoms with Crippen LogP contribution in [0.4, 0.5) is 10.1 Å². The highest BCUT2D eigenvalue weighted by atomic mass is 32.2. The predicted molar refractivity (Wildman–Crippen MR) is 93.8 cm³/mol. The molecule has 2 saturated heterocycles. The van der Waals surface area contributed by atoms with Gasteiger partial charge >= 0.3 is 0 Å². The maximum absolute atomic E-state index is 13.0. The topological polar surface area (TPSA) is 52.7 Å². The van der Waals surface area contributed by atoms with Gasteiger partial charge in [-0.05, 0) is 56.1 Å². The van der Waals surface area contributed by atoms with Crippen LogP contribution in [0.1, 0.15) is 12.8 Å². The highest BCUT2D eigenvalue weighted by Crippen LogP contribution is 2.19. The van der Waals surface area contributed by atoms with Gasteiger partial charge in [0.15, 0.2) is 0 Å². The van der Waals surface area contributed by atoms with E-state index in [1.165, 1.54) is 21.8 Å². The molecule has 0 spiro atoms. The lowest BCUT2D eigenvalue weighted by molar-refractivity contribution is 0.389. The smallest absolute Gasteiger partial charge is 0.236 e. The zero-order valence-corrected chi connectivity index (χ0v) is 14.5. The molecule has 5 nitrogen and oxygen atoms in total. The third-order valence-corrected chi connectivity index (χ3v) is 6.28. The van der Waals surface area contributed by atoms with Crippen molar-refractivity contribution in [2.24, 2.45) is 5.92 Å². The first-order valence-electron chi connectivity index (χ1n) is 8.44. The third kappa shape index (κ3) is 4.34. The molecule has 24 heavy (non-hydrogen) atoms. The molecule has 3 rings (SSSR count). The number of rotatable bonds is 4. The van der Waals surface area contributed by atoms with Gasteiger partial charge in [-0.2, -0.15) is 4.31 Å². The number of hydrogen-bond donors (Lipinski definition) is 1. The summed E-state index contributed by atoms with van der Waals surface area (Å²) in [6, 6.07) is 6.33. The van der Waals surface area contributed by atoms with Gasteiger partial charge in [-0.1, -0.05) is 6.08 Å². The van der Waals surface area contributed by atoms with Crippen LogP contribution in [-0.4, -0.2) is 52.0 Å². The summed E-state index contributed by atoms with van der Waals surface area (Å²) in [4.78, 5) is 2.09. The van der Waals surface area contributed by atoms with Crippen molar-refractivity contribution in [3.05, 3.63) is 41.6 Å². The Labute approximate surface area is 143 Å². The van der Waals surface area contributed by atoms with Gasteiger partial charge in [0, 0.05) is 37.3 Å². The van der Waals surface area contributed by atoms with Gasteiger partial charge in [-0.25, -0.2) is 12.8 Å². The van der Waals surface area contributed by atoms with Crippen molar-refractivity contribution < 1.29 is 12.8 Å². The van der Waals surface area contributed by atoms with Crippen LogP contribution in [0.5, 0.6) is 0 Å². The number of sulfonamides is 1. The Morgan fingerprint density at radius 1 is 1.04 bits per heavy atom. The molecule has 0 aromatic heterocycles. The predicted octanol–water partition coefficient (Wildman–Crippen LogP) is 1.79. The average molecular weight is 353 g/mol. The summed E-state index contributed by atoms with van der Waals surface area (Å²) in [5.41, 5.74) is 0.929. The fourth-order valence-electron chi connectivity index (χ4n) is 3.19. The molecule has 0 radical (unpaired) electrons. The summed E-state index contributed by atoms with van der Waals surface area (Å²) >= 11 is 0. The van der Waals surface area contributed by atoms with Gasteiger partial charge in [0.05, 0.1) is 0 Å². The maximum Gasteiger partial charge on any atom is 0.236 e. The van der Waals surface area contributed by atoms with E-state index < -0.39 is 10.0 Å². The Morgan fingerprint density at radius 3 is 2.29 bits per heavy atom. The summed E-state index contributed by atoms with van der Waals surface area (Å²) in [5, 5.41) is 4.66. The molecule has 2 aliphatic rings. The monoisotopic (exact) mass is 353 g/mol. The van der Waals surface area contributed by atoms with Gasteiger partial charge in [0.1, 0.15) is 5.82 Å². The van der Waals surface area contributed by atoms with E-state index in [0.717, 1.165) is 31.6 Å². The molecule has 2 fully saturated rings. The van der Waals surface area contributed by atoms with Crippen LogP contribution in [0.15, 0.2) is 35.7 Å². The van der Waals surface area contributed by atoms with Crippen molar-refractivity contribution in [1.82, 2.24) is 9.62 Å². The van der Waals surface area contributed by atoms with Crippen molar-refractivity contribution in [2.45, 2.75) is 12.8 Å². The van der Waals surface area contributed by atoms with E-state index in [0.29, 0.717) is 32.1 Å². The quantitative estimate of drug-likeness (QED) is 0.897. The summed E-state index contributed by atoms with van der Waals surface area (Å²) in [6.45, 7) is 4.04. The molecular weight excluding hydrogens is 329 g/mol. The molecule has 0 aliphatic carbocycles. The van der Waals surface area contributed by atoms with E-state index in [1.807, 2.05) is 6.08 Å². The minimum atomic E-state index is -3.35. The van der Waals surface area contributed by atoms with Crippen LogP contribution in [0.2, 0.25) is 0 Å². The first kappa shape index (κ1) is 17.4. The molecule has 2 aliphatic heterocycles. The van der Waals surface area contributed by atoms with Crippen LogP contribution in [-0.2, 0) is 10.0 Å². The summed E-state index contributed by atoms with van der Waals surface area (Å²) in [7, 11) is -3.35. The van der Waals surface area contributed by atoms with Crippen LogP contribution in [0, 0.1) is 11.7 Å². The molecule has 1 aromatic rings. The molecular formula is C17H24FN3O2S. The fourth-order valence-corrected chi connectivity index (χ4v) is 4.45. The molecule has 1 aromatic carbocycles. The van der Waals surface area contributed by atoms with Crippen molar-refractivity contribution in [2.75, 3.05) is 44.2 Å².